The lowest BCUT2D eigenvalue weighted by molar-refractivity contribution is 0.585. The average Bonchev–Trinajstić information content (AvgIpc) is 2.27. The predicted octanol–water partition coefficient (Wildman–Crippen LogP) is 1.09. The standard InChI is InChI=1S/C10H21Cl2NO4S2.ClH/c11-3-9-18(14,15)7-1-5-13-6-2-8-19(16,17)10-4-12;/h13H,1-10H2;1H. The van der Waals surface area contributed by atoms with Crippen LogP contribution in [0.3, 0.4) is 0 Å². The van der Waals surface area contributed by atoms with Gasteiger partial charge < -0.3 is 5.32 Å². The van der Waals surface area contributed by atoms with Crippen LogP contribution >= 0.6 is 35.6 Å². The number of hydrogen-bond acceptors (Lipinski definition) is 5. The van der Waals surface area contributed by atoms with Gasteiger partial charge in [-0.1, -0.05) is 0 Å². The van der Waals surface area contributed by atoms with E-state index in [1.807, 2.05) is 0 Å². The summed E-state index contributed by atoms with van der Waals surface area (Å²) in [5.41, 5.74) is 0. The van der Waals surface area contributed by atoms with Gasteiger partial charge in [-0.2, -0.15) is 0 Å². The van der Waals surface area contributed by atoms with Crippen LogP contribution in [0.25, 0.3) is 0 Å². The van der Waals surface area contributed by atoms with Crippen molar-refractivity contribution in [1.82, 2.24) is 5.32 Å². The quantitative estimate of drug-likeness (QED) is 0.398. The summed E-state index contributed by atoms with van der Waals surface area (Å²) in [6.45, 7) is 1.11. The average molecular weight is 391 g/mol. The first-order valence-corrected chi connectivity index (χ1v) is 10.8. The zero-order valence-corrected chi connectivity index (χ0v) is 15.1. The summed E-state index contributed by atoms with van der Waals surface area (Å²) in [4.78, 5) is 0. The van der Waals surface area contributed by atoms with Crippen LogP contribution < -0.4 is 5.32 Å². The second-order valence-corrected chi connectivity index (χ2v) is 9.50. The minimum atomic E-state index is -3.04. The van der Waals surface area contributed by atoms with E-state index >= 15 is 0 Å². The van der Waals surface area contributed by atoms with Gasteiger partial charge in [0.25, 0.3) is 0 Å². The van der Waals surface area contributed by atoms with E-state index in [0.717, 1.165) is 0 Å². The van der Waals surface area contributed by atoms with E-state index in [1.54, 1.807) is 0 Å². The molecule has 0 aliphatic carbocycles. The maximum Gasteiger partial charge on any atom is 0.151 e. The molecule has 20 heavy (non-hydrogen) atoms. The number of nitrogens with one attached hydrogen (secondary N) is 1. The van der Waals surface area contributed by atoms with Gasteiger partial charge in [-0.3, -0.25) is 0 Å². The molecule has 124 valence electrons. The molecular formula is C10H22Cl3NO4S2. The van der Waals surface area contributed by atoms with Crippen LogP contribution in [-0.4, -0.2) is 64.7 Å². The van der Waals surface area contributed by atoms with E-state index in [0.29, 0.717) is 25.9 Å². The summed E-state index contributed by atoms with van der Waals surface area (Å²) in [5.74, 6) is 0.466. The molecule has 0 saturated heterocycles. The molecule has 0 radical (unpaired) electrons. The topological polar surface area (TPSA) is 80.3 Å². The summed E-state index contributed by atoms with van der Waals surface area (Å²) in [5, 5.41) is 3.02. The molecule has 0 rings (SSSR count). The lowest BCUT2D eigenvalue weighted by Crippen LogP contribution is -2.23. The van der Waals surface area contributed by atoms with Gasteiger partial charge in [0.1, 0.15) is 0 Å². The minimum absolute atomic E-state index is 0. The van der Waals surface area contributed by atoms with Gasteiger partial charge in [-0.05, 0) is 25.9 Å². The molecule has 0 saturated carbocycles. The van der Waals surface area contributed by atoms with Crippen molar-refractivity contribution < 1.29 is 16.8 Å². The Morgan fingerprint density at radius 2 is 1.05 bits per heavy atom. The molecule has 5 nitrogen and oxygen atoms in total. The fourth-order valence-electron chi connectivity index (χ4n) is 1.40. The Bertz CT molecular complexity index is 386. The van der Waals surface area contributed by atoms with Crippen LogP contribution in [0.5, 0.6) is 0 Å². The van der Waals surface area contributed by atoms with Crippen LogP contribution in [0.1, 0.15) is 12.8 Å². The second kappa shape index (κ2) is 12.3. The summed E-state index contributed by atoms with van der Waals surface area (Å²) in [7, 11) is -6.07. The van der Waals surface area contributed by atoms with Crippen molar-refractivity contribution in [2.75, 3.05) is 47.9 Å². The van der Waals surface area contributed by atoms with Gasteiger partial charge >= 0.3 is 0 Å². The first-order valence-electron chi connectivity index (χ1n) is 6.06. The molecule has 0 unspecified atom stereocenters. The molecule has 0 atom stereocenters. The van der Waals surface area contributed by atoms with Gasteiger partial charge in [0.15, 0.2) is 19.7 Å². The molecule has 1 N–H and O–H groups in total. The molecule has 10 heteroatoms. The molecule has 0 aliphatic heterocycles. The molecule has 0 spiro atoms. The van der Waals surface area contributed by atoms with E-state index in [9.17, 15) is 16.8 Å². The molecule has 0 aromatic heterocycles. The van der Waals surface area contributed by atoms with Crippen molar-refractivity contribution in [3.63, 3.8) is 0 Å². The Morgan fingerprint density at radius 3 is 1.35 bits per heavy atom. The molecule has 0 fully saturated rings. The monoisotopic (exact) mass is 389 g/mol. The molecule has 0 aromatic carbocycles. The van der Waals surface area contributed by atoms with Gasteiger partial charge in [-0.25, -0.2) is 16.8 Å². The van der Waals surface area contributed by atoms with Crippen molar-refractivity contribution in [2.45, 2.75) is 12.8 Å². The molecule has 0 aliphatic rings. The Morgan fingerprint density at radius 1 is 0.700 bits per heavy atom. The minimum Gasteiger partial charge on any atom is -0.317 e. The molecule has 0 amide bonds. The number of rotatable bonds is 12. The Kier molecular flexibility index (Phi) is 14.1. The maximum atomic E-state index is 11.3. The van der Waals surface area contributed by atoms with Crippen LogP contribution in [0, 0.1) is 0 Å². The second-order valence-electron chi connectivity index (χ2n) is 4.14. The molecule has 0 aromatic rings. The number of halogens is 3. The lowest BCUT2D eigenvalue weighted by atomic mass is 10.4. The highest BCUT2D eigenvalue weighted by molar-refractivity contribution is 7.91. The molecule has 0 heterocycles. The van der Waals surface area contributed by atoms with Crippen molar-refractivity contribution in [3.8, 4) is 0 Å². The third-order valence-corrected chi connectivity index (χ3v) is 6.69. The maximum absolute atomic E-state index is 11.3. The molecule has 0 bridgehead atoms. The van der Waals surface area contributed by atoms with Crippen LogP contribution in [0.2, 0.25) is 0 Å². The van der Waals surface area contributed by atoms with Gasteiger partial charge in [0, 0.05) is 11.8 Å². The van der Waals surface area contributed by atoms with Crippen LogP contribution in [0.15, 0.2) is 0 Å². The van der Waals surface area contributed by atoms with Gasteiger partial charge in [0.05, 0.1) is 23.0 Å². The van der Waals surface area contributed by atoms with Gasteiger partial charge in [0.2, 0.25) is 0 Å². The number of alkyl halides is 2. The van der Waals surface area contributed by atoms with Gasteiger partial charge in [-0.15, -0.1) is 35.6 Å². The summed E-state index contributed by atoms with van der Waals surface area (Å²) >= 11 is 10.7. The SMILES string of the molecule is Cl.O=S(=O)(CCCl)CCCNCCCS(=O)(=O)CCCl. The van der Waals surface area contributed by atoms with E-state index in [4.69, 9.17) is 23.2 Å². The zero-order valence-electron chi connectivity index (χ0n) is 11.2. The van der Waals surface area contributed by atoms with E-state index in [1.165, 1.54) is 0 Å². The zero-order chi connectivity index (χ0) is 14.8. The van der Waals surface area contributed by atoms with Crippen molar-refractivity contribution in [3.05, 3.63) is 0 Å². The predicted molar refractivity (Wildman–Crippen MR) is 88.1 cm³/mol. The summed E-state index contributed by atoms with van der Waals surface area (Å²) < 4.78 is 45.3. The van der Waals surface area contributed by atoms with E-state index in [2.05, 4.69) is 5.32 Å². The van der Waals surface area contributed by atoms with Crippen LogP contribution in [0.4, 0.5) is 0 Å². The Labute approximate surface area is 138 Å². The highest BCUT2D eigenvalue weighted by Crippen LogP contribution is 1.96. The first kappa shape index (κ1) is 23.0. The van der Waals surface area contributed by atoms with Crippen LogP contribution in [-0.2, 0) is 19.7 Å². The number of sulfone groups is 2. The highest BCUT2D eigenvalue weighted by atomic mass is 35.5. The largest absolute Gasteiger partial charge is 0.317 e. The normalized spacial score (nSPS) is 12.1. The van der Waals surface area contributed by atoms with Crippen molar-refractivity contribution >= 4 is 55.3 Å². The van der Waals surface area contributed by atoms with E-state index < -0.39 is 19.7 Å². The fourth-order valence-corrected chi connectivity index (χ4v) is 4.86. The first-order chi connectivity index (χ1) is 8.83. The van der Waals surface area contributed by atoms with E-state index in [-0.39, 0.29) is 47.2 Å². The lowest BCUT2D eigenvalue weighted by Gasteiger charge is -2.05. The fraction of sp³-hybridized carbons (Fsp3) is 1.00. The Hall–Kier alpha value is 0.730. The third-order valence-electron chi connectivity index (χ3n) is 2.39. The number of hydrogen-bond donors (Lipinski definition) is 1. The third kappa shape index (κ3) is 13.7. The Balaban J connectivity index is 0. The smallest absolute Gasteiger partial charge is 0.151 e. The molecular weight excluding hydrogens is 369 g/mol. The van der Waals surface area contributed by atoms with Crippen molar-refractivity contribution in [2.24, 2.45) is 0 Å². The van der Waals surface area contributed by atoms with Crippen molar-refractivity contribution in [1.29, 1.82) is 0 Å². The highest BCUT2D eigenvalue weighted by Gasteiger charge is 2.10. The summed E-state index contributed by atoms with van der Waals surface area (Å²) in [6.07, 6.45) is 1.02. The summed E-state index contributed by atoms with van der Waals surface area (Å²) in [6, 6.07) is 0.